The van der Waals surface area contributed by atoms with Crippen LogP contribution in [0.2, 0.25) is 0 Å². The fraction of sp³-hybridized carbons (Fsp3) is 0.286. The van der Waals surface area contributed by atoms with Gasteiger partial charge in [-0.1, -0.05) is 30.3 Å². The monoisotopic (exact) mass is 258 g/mol. The Hall–Kier alpha value is -2.14. The molecule has 0 unspecified atom stereocenters. The van der Waals surface area contributed by atoms with Crippen LogP contribution >= 0.6 is 0 Å². The first-order chi connectivity index (χ1) is 9.16. The van der Waals surface area contributed by atoms with Crippen LogP contribution in [0.15, 0.2) is 42.7 Å². The number of nitrogens with one attached hydrogen (secondary N) is 1. The van der Waals surface area contributed by atoms with E-state index in [4.69, 9.17) is 5.73 Å². The molecule has 2 rings (SSSR count). The number of primary amides is 1. The molecule has 0 aliphatic heterocycles. The number of hydrogen-bond acceptors (Lipinski definition) is 3. The van der Waals surface area contributed by atoms with Crippen LogP contribution in [0.3, 0.4) is 0 Å². The van der Waals surface area contributed by atoms with Crippen LogP contribution in [0.25, 0.3) is 0 Å². The van der Waals surface area contributed by atoms with Gasteiger partial charge in [0.1, 0.15) is 6.04 Å². The van der Waals surface area contributed by atoms with Crippen LogP contribution < -0.4 is 11.1 Å². The molecule has 19 heavy (non-hydrogen) atoms. The number of benzene rings is 1. The lowest BCUT2D eigenvalue weighted by Crippen LogP contribution is -2.35. The van der Waals surface area contributed by atoms with E-state index in [1.807, 2.05) is 54.3 Å². The number of amides is 1. The highest BCUT2D eigenvalue weighted by molar-refractivity contribution is 5.81. The minimum absolute atomic E-state index is 0.372. The molecule has 1 aromatic heterocycles. The van der Waals surface area contributed by atoms with Crippen molar-refractivity contribution in [3.63, 3.8) is 0 Å². The molecule has 1 atom stereocenters. The quantitative estimate of drug-likeness (QED) is 0.812. The Kier molecular flexibility index (Phi) is 4.30. The van der Waals surface area contributed by atoms with E-state index in [2.05, 4.69) is 10.4 Å². The number of aromatic nitrogens is 2. The highest BCUT2D eigenvalue weighted by Gasteiger charge is 2.16. The van der Waals surface area contributed by atoms with Gasteiger partial charge in [0, 0.05) is 12.7 Å². The summed E-state index contributed by atoms with van der Waals surface area (Å²) in [4.78, 5) is 11.5. The van der Waals surface area contributed by atoms with E-state index in [0.29, 0.717) is 13.1 Å². The number of nitrogens with zero attached hydrogens (tertiary/aromatic N) is 2. The summed E-state index contributed by atoms with van der Waals surface area (Å²) < 4.78 is 1.84. The van der Waals surface area contributed by atoms with E-state index in [1.165, 1.54) is 0 Å². The van der Waals surface area contributed by atoms with Crippen LogP contribution in [0, 0.1) is 6.92 Å². The summed E-state index contributed by atoms with van der Waals surface area (Å²) in [5.41, 5.74) is 7.43. The fourth-order valence-electron chi connectivity index (χ4n) is 1.94. The number of carbonyl (C=O) groups excluding carboxylic acids is 1. The molecule has 5 nitrogen and oxygen atoms in total. The number of nitrogens with two attached hydrogens (primary N) is 1. The molecular formula is C14H18N4O. The van der Waals surface area contributed by atoms with Gasteiger partial charge in [0.2, 0.25) is 5.91 Å². The molecule has 0 aliphatic carbocycles. The maximum absolute atomic E-state index is 11.5. The van der Waals surface area contributed by atoms with Crippen LogP contribution in [0.4, 0.5) is 0 Å². The number of carbonyl (C=O) groups is 1. The van der Waals surface area contributed by atoms with Crippen LogP contribution in [-0.4, -0.2) is 22.2 Å². The molecular weight excluding hydrogens is 240 g/mol. The molecule has 3 N–H and O–H groups in total. The summed E-state index contributed by atoms with van der Waals surface area (Å²) in [6, 6.07) is 9.01. The molecule has 0 fully saturated rings. The SMILES string of the molecule is Cc1cnn(CCN[C@@H](C(N)=O)c2ccccc2)c1. The first-order valence-electron chi connectivity index (χ1n) is 6.23. The lowest BCUT2D eigenvalue weighted by molar-refractivity contribution is -0.120. The summed E-state index contributed by atoms with van der Waals surface area (Å²) >= 11 is 0. The van der Waals surface area contributed by atoms with E-state index in [0.717, 1.165) is 11.1 Å². The highest BCUT2D eigenvalue weighted by atomic mass is 16.1. The third-order valence-corrected chi connectivity index (χ3v) is 2.87. The molecule has 2 aromatic rings. The van der Waals surface area contributed by atoms with Gasteiger partial charge in [-0.25, -0.2) is 0 Å². The number of hydrogen-bond donors (Lipinski definition) is 2. The molecule has 0 spiro atoms. The van der Waals surface area contributed by atoms with Gasteiger partial charge < -0.3 is 11.1 Å². The second-order valence-corrected chi connectivity index (χ2v) is 4.48. The summed E-state index contributed by atoms with van der Waals surface area (Å²) in [5.74, 6) is -0.372. The molecule has 1 aromatic carbocycles. The predicted molar refractivity (Wildman–Crippen MR) is 73.3 cm³/mol. The van der Waals surface area contributed by atoms with Crippen molar-refractivity contribution >= 4 is 5.91 Å². The maximum Gasteiger partial charge on any atom is 0.239 e. The Morgan fingerprint density at radius 1 is 1.42 bits per heavy atom. The van der Waals surface area contributed by atoms with Gasteiger partial charge in [-0.2, -0.15) is 5.10 Å². The number of rotatable bonds is 6. The minimum atomic E-state index is -0.460. The predicted octanol–water partition coefficient (Wildman–Crippen LogP) is 1.01. The van der Waals surface area contributed by atoms with E-state index in [9.17, 15) is 4.79 Å². The smallest absolute Gasteiger partial charge is 0.239 e. The Labute approximate surface area is 112 Å². The van der Waals surface area contributed by atoms with Gasteiger partial charge in [0.25, 0.3) is 0 Å². The van der Waals surface area contributed by atoms with E-state index in [-0.39, 0.29) is 5.91 Å². The molecule has 0 radical (unpaired) electrons. The van der Waals surface area contributed by atoms with Crippen molar-refractivity contribution in [3.8, 4) is 0 Å². The van der Waals surface area contributed by atoms with Gasteiger partial charge in [0.15, 0.2) is 0 Å². The minimum Gasteiger partial charge on any atom is -0.368 e. The van der Waals surface area contributed by atoms with E-state index < -0.39 is 6.04 Å². The first kappa shape index (κ1) is 13.3. The average molecular weight is 258 g/mol. The van der Waals surface area contributed by atoms with Crippen molar-refractivity contribution in [2.24, 2.45) is 5.73 Å². The Morgan fingerprint density at radius 2 is 2.16 bits per heavy atom. The number of aryl methyl sites for hydroxylation is 1. The van der Waals surface area contributed by atoms with Gasteiger partial charge in [-0.05, 0) is 18.1 Å². The first-order valence-corrected chi connectivity index (χ1v) is 6.23. The van der Waals surface area contributed by atoms with Gasteiger partial charge >= 0.3 is 0 Å². The van der Waals surface area contributed by atoms with Crippen molar-refractivity contribution in [1.82, 2.24) is 15.1 Å². The Balaban J connectivity index is 1.93. The molecule has 0 saturated heterocycles. The van der Waals surface area contributed by atoms with Crippen LogP contribution in [-0.2, 0) is 11.3 Å². The maximum atomic E-state index is 11.5. The average Bonchev–Trinajstić information content (AvgIpc) is 2.81. The Morgan fingerprint density at radius 3 is 2.74 bits per heavy atom. The molecule has 0 saturated carbocycles. The molecule has 5 heteroatoms. The zero-order valence-corrected chi connectivity index (χ0v) is 10.9. The van der Waals surface area contributed by atoms with Crippen LogP contribution in [0.5, 0.6) is 0 Å². The lowest BCUT2D eigenvalue weighted by Gasteiger charge is -2.15. The van der Waals surface area contributed by atoms with Gasteiger partial charge in [-0.15, -0.1) is 0 Å². The summed E-state index contributed by atoms with van der Waals surface area (Å²) in [6.45, 7) is 3.32. The molecule has 1 amide bonds. The van der Waals surface area contributed by atoms with Crippen molar-refractivity contribution in [1.29, 1.82) is 0 Å². The topological polar surface area (TPSA) is 72.9 Å². The highest BCUT2D eigenvalue weighted by Crippen LogP contribution is 2.11. The molecule has 100 valence electrons. The third kappa shape index (κ3) is 3.66. The van der Waals surface area contributed by atoms with Crippen molar-refractivity contribution in [2.75, 3.05) is 6.54 Å². The van der Waals surface area contributed by atoms with E-state index in [1.54, 1.807) is 0 Å². The summed E-state index contributed by atoms with van der Waals surface area (Å²) in [5, 5.41) is 7.35. The summed E-state index contributed by atoms with van der Waals surface area (Å²) in [6.07, 6.45) is 3.77. The Bertz CT molecular complexity index is 535. The van der Waals surface area contributed by atoms with Crippen molar-refractivity contribution in [3.05, 3.63) is 53.9 Å². The summed E-state index contributed by atoms with van der Waals surface area (Å²) in [7, 11) is 0. The van der Waals surface area contributed by atoms with Crippen molar-refractivity contribution in [2.45, 2.75) is 19.5 Å². The van der Waals surface area contributed by atoms with Crippen molar-refractivity contribution < 1.29 is 4.79 Å². The molecule has 0 aliphatic rings. The second-order valence-electron chi connectivity index (χ2n) is 4.48. The largest absolute Gasteiger partial charge is 0.368 e. The van der Waals surface area contributed by atoms with Crippen LogP contribution in [0.1, 0.15) is 17.2 Å². The molecule has 1 heterocycles. The zero-order valence-electron chi connectivity index (χ0n) is 10.9. The van der Waals surface area contributed by atoms with E-state index >= 15 is 0 Å². The zero-order chi connectivity index (χ0) is 13.7. The van der Waals surface area contributed by atoms with Gasteiger partial charge in [-0.3, -0.25) is 9.48 Å². The normalized spacial score (nSPS) is 12.3. The standard InChI is InChI=1S/C14H18N4O/c1-11-9-17-18(10-11)8-7-16-13(14(15)19)12-5-3-2-4-6-12/h2-6,9-10,13,16H,7-8H2,1H3,(H2,15,19)/t13-/m1/s1. The second kappa shape index (κ2) is 6.15. The third-order valence-electron chi connectivity index (χ3n) is 2.87. The fourth-order valence-corrected chi connectivity index (χ4v) is 1.94. The van der Waals surface area contributed by atoms with Gasteiger partial charge in [0.05, 0.1) is 12.7 Å². The molecule has 0 bridgehead atoms. The lowest BCUT2D eigenvalue weighted by atomic mass is 10.1.